The normalized spacial score (nSPS) is 14.0. The van der Waals surface area contributed by atoms with E-state index in [-0.39, 0.29) is 12.2 Å². The molecule has 2 heterocycles. The van der Waals surface area contributed by atoms with E-state index in [1.165, 1.54) is 29.7 Å². The van der Waals surface area contributed by atoms with Gasteiger partial charge >= 0.3 is 0 Å². The van der Waals surface area contributed by atoms with E-state index in [1.54, 1.807) is 24.5 Å². The van der Waals surface area contributed by atoms with Gasteiger partial charge in [-0.2, -0.15) is 0 Å². The van der Waals surface area contributed by atoms with Crippen LogP contribution in [0.4, 0.5) is 0 Å². The lowest BCUT2D eigenvalue weighted by molar-refractivity contribution is 0.329. The van der Waals surface area contributed by atoms with E-state index in [4.69, 9.17) is 20.9 Å². The first-order valence-corrected chi connectivity index (χ1v) is 11.2. The molecule has 29 heavy (non-hydrogen) atoms. The summed E-state index contributed by atoms with van der Waals surface area (Å²) in [5.74, 6) is 4.00. The Morgan fingerprint density at radius 2 is 2.07 bits per heavy atom. The molecule has 4 rings (SSSR count). The van der Waals surface area contributed by atoms with Gasteiger partial charge in [-0.3, -0.25) is 4.79 Å². The van der Waals surface area contributed by atoms with Gasteiger partial charge in [-0.05, 0) is 59.3 Å². The fourth-order valence-electron chi connectivity index (χ4n) is 3.76. The van der Waals surface area contributed by atoms with Crippen LogP contribution in [0.25, 0.3) is 21.6 Å². The zero-order chi connectivity index (χ0) is 20.4. The molecule has 150 valence electrons. The fraction of sp³-hybridized carbons (Fsp3) is 0.364. The second-order valence-corrected chi connectivity index (χ2v) is 8.93. The second-order valence-electron chi connectivity index (χ2n) is 6.99. The molecule has 2 aromatic heterocycles. The number of methoxy groups -OCH3 is 1. The molecule has 7 heteroatoms. The second kappa shape index (κ2) is 8.60. The van der Waals surface area contributed by atoms with Crippen LogP contribution < -0.4 is 15.0 Å². The maximum atomic E-state index is 13.0. The monoisotopic (exact) mass is 472 g/mol. The Morgan fingerprint density at radius 3 is 2.83 bits per heavy atom. The fourth-order valence-corrected chi connectivity index (χ4v) is 5.58. The van der Waals surface area contributed by atoms with Crippen molar-refractivity contribution in [3.8, 4) is 35.2 Å². The molecule has 3 aromatic rings. The number of fused-ring (bicyclic) bond motifs is 3. The Hall–Kier alpha value is -2.30. The van der Waals surface area contributed by atoms with E-state index in [0.29, 0.717) is 21.8 Å². The van der Waals surface area contributed by atoms with Crippen molar-refractivity contribution in [1.82, 2.24) is 9.97 Å². The van der Waals surface area contributed by atoms with Gasteiger partial charge in [-0.25, -0.2) is 4.98 Å². The van der Waals surface area contributed by atoms with Crippen LogP contribution in [0.5, 0.6) is 11.5 Å². The molecule has 0 fully saturated rings. The number of rotatable bonds is 4. The van der Waals surface area contributed by atoms with Gasteiger partial charge in [0.15, 0.2) is 11.5 Å². The third-order valence-corrected chi connectivity index (χ3v) is 6.90. The minimum absolute atomic E-state index is 0.0779. The number of terminal acetylenes is 1. The summed E-state index contributed by atoms with van der Waals surface area (Å²) in [5, 5.41) is 0.760. The van der Waals surface area contributed by atoms with Gasteiger partial charge in [0.25, 0.3) is 5.56 Å². The number of ether oxygens (including phenoxy) is 2. The number of nitrogens with one attached hydrogen (secondary N) is 1. The quantitative estimate of drug-likeness (QED) is 0.536. The van der Waals surface area contributed by atoms with Crippen molar-refractivity contribution >= 4 is 37.5 Å². The summed E-state index contributed by atoms with van der Waals surface area (Å²) in [6, 6.07) is 3.65. The van der Waals surface area contributed by atoms with E-state index >= 15 is 0 Å². The van der Waals surface area contributed by atoms with E-state index in [2.05, 4.69) is 26.8 Å². The summed E-state index contributed by atoms with van der Waals surface area (Å²) < 4.78 is 11.7. The number of halogens is 1. The van der Waals surface area contributed by atoms with Gasteiger partial charge in [-0.1, -0.05) is 18.8 Å². The summed E-state index contributed by atoms with van der Waals surface area (Å²) in [5.41, 5.74) is 1.86. The van der Waals surface area contributed by atoms with Crippen molar-refractivity contribution in [3.63, 3.8) is 0 Å². The lowest BCUT2D eigenvalue weighted by Crippen LogP contribution is -2.10. The smallest absolute Gasteiger partial charge is 0.260 e. The number of H-pyrrole nitrogens is 1. The minimum atomic E-state index is -0.0779. The topological polar surface area (TPSA) is 64.2 Å². The third kappa shape index (κ3) is 3.92. The van der Waals surface area contributed by atoms with Gasteiger partial charge in [0, 0.05) is 10.4 Å². The highest BCUT2D eigenvalue weighted by Gasteiger charge is 2.20. The van der Waals surface area contributed by atoms with Crippen molar-refractivity contribution in [2.24, 2.45) is 0 Å². The van der Waals surface area contributed by atoms with Crippen molar-refractivity contribution in [2.45, 2.75) is 38.5 Å². The largest absolute Gasteiger partial charge is 0.493 e. The number of aryl methyl sites for hydroxylation is 2. The van der Waals surface area contributed by atoms with Crippen LogP contribution in [0.3, 0.4) is 0 Å². The van der Waals surface area contributed by atoms with Crippen LogP contribution in [0.15, 0.2) is 21.4 Å². The first kappa shape index (κ1) is 20.0. The van der Waals surface area contributed by atoms with Gasteiger partial charge in [0.05, 0.1) is 17.0 Å². The van der Waals surface area contributed by atoms with Crippen molar-refractivity contribution in [2.75, 3.05) is 13.7 Å². The molecule has 1 aromatic carbocycles. The first-order chi connectivity index (χ1) is 14.1. The molecule has 0 saturated heterocycles. The summed E-state index contributed by atoms with van der Waals surface area (Å²) in [6.45, 7) is 0.135. The third-order valence-electron chi connectivity index (χ3n) is 5.13. The number of nitrogens with zero attached hydrogens (tertiary/aromatic N) is 1. The maximum absolute atomic E-state index is 13.0. The number of aromatic amines is 1. The molecule has 0 atom stereocenters. The predicted octanol–water partition coefficient (Wildman–Crippen LogP) is 5.09. The molecule has 1 aliphatic carbocycles. The van der Waals surface area contributed by atoms with Crippen molar-refractivity contribution in [3.05, 3.63) is 37.4 Å². The van der Waals surface area contributed by atoms with E-state index in [9.17, 15) is 4.79 Å². The average Bonchev–Trinajstić information content (AvgIpc) is 3.03. The van der Waals surface area contributed by atoms with Crippen LogP contribution in [0, 0.1) is 12.3 Å². The van der Waals surface area contributed by atoms with Crippen LogP contribution in [-0.2, 0) is 12.8 Å². The van der Waals surface area contributed by atoms with Gasteiger partial charge in [-0.15, -0.1) is 17.8 Å². The lowest BCUT2D eigenvalue weighted by atomic mass is 9.98. The van der Waals surface area contributed by atoms with E-state index in [1.807, 2.05) is 6.07 Å². The Labute approximate surface area is 181 Å². The number of aromatic nitrogens is 2. The molecule has 0 aliphatic heterocycles. The Kier molecular flexibility index (Phi) is 5.93. The Bertz CT molecular complexity index is 1160. The molecule has 1 aliphatic rings. The van der Waals surface area contributed by atoms with Gasteiger partial charge in [0.1, 0.15) is 17.3 Å². The summed E-state index contributed by atoms with van der Waals surface area (Å²) in [4.78, 5) is 22.9. The van der Waals surface area contributed by atoms with Crippen LogP contribution in [0.1, 0.15) is 36.1 Å². The summed E-state index contributed by atoms with van der Waals surface area (Å²) >= 11 is 5.16. The van der Waals surface area contributed by atoms with Crippen LogP contribution in [-0.4, -0.2) is 23.7 Å². The molecule has 0 spiro atoms. The molecular weight excluding hydrogens is 452 g/mol. The maximum Gasteiger partial charge on any atom is 0.260 e. The Balaban J connectivity index is 1.82. The predicted molar refractivity (Wildman–Crippen MR) is 120 cm³/mol. The number of benzene rings is 1. The lowest BCUT2D eigenvalue weighted by Gasteiger charge is -2.13. The highest BCUT2D eigenvalue weighted by Crippen LogP contribution is 2.39. The summed E-state index contributed by atoms with van der Waals surface area (Å²) in [7, 11) is 1.56. The molecule has 0 radical (unpaired) electrons. The van der Waals surface area contributed by atoms with Gasteiger partial charge in [0.2, 0.25) is 0 Å². The van der Waals surface area contributed by atoms with Crippen molar-refractivity contribution < 1.29 is 9.47 Å². The van der Waals surface area contributed by atoms with Crippen LogP contribution in [0.2, 0.25) is 0 Å². The molecule has 0 amide bonds. The van der Waals surface area contributed by atoms with Crippen LogP contribution >= 0.6 is 27.3 Å². The molecule has 1 N–H and O–H groups in total. The highest BCUT2D eigenvalue weighted by molar-refractivity contribution is 9.10. The van der Waals surface area contributed by atoms with E-state index in [0.717, 1.165) is 35.0 Å². The molecular formula is C22H21BrN2O3S. The van der Waals surface area contributed by atoms with Gasteiger partial charge < -0.3 is 14.5 Å². The average molecular weight is 473 g/mol. The molecule has 0 saturated carbocycles. The molecule has 0 bridgehead atoms. The number of thiophene rings is 1. The SMILES string of the molecule is C#CCOc1c(Br)cc(-c2nc3sc4c(c3c(=O)[nH]2)CCCCCC4)cc1OC. The zero-order valence-corrected chi connectivity index (χ0v) is 18.5. The number of hydrogen-bond acceptors (Lipinski definition) is 5. The number of hydrogen-bond donors (Lipinski definition) is 1. The molecule has 0 unspecified atom stereocenters. The van der Waals surface area contributed by atoms with E-state index < -0.39 is 0 Å². The standard InChI is InChI=1S/C22H21BrN2O3S/c1-3-10-28-19-15(23)11-13(12-16(19)27-2)20-24-21(26)18-14-8-6-4-5-7-9-17(14)29-22(18)25-20/h1,11-12H,4-10H2,2H3,(H,24,25,26). The molecule has 5 nitrogen and oxygen atoms in total. The van der Waals surface area contributed by atoms with Crippen molar-refractivity contribution in [1.29, 1.82) is 0 Å². The Morgan fingerprint density at radius 1 is 1.28 bits per heavy atom. The zero-order valence-electron chi connectivity index (χ0n) is 16.1. The first-order valence-electron chi connectivity index (χ1n) is 9.61. The highest BCUT2D eigenvalue weighted by atomic mass is 79.9. The summed E-state index contributed by atoms with van der Waals surface area (Å²) in [6.07, 6.45) is 12.1. The minimum Gasteiger partial charge on any atom is -0.493 e.